The average molecular weight is 296 g/mol. The molecule has 3 rings (SSSR count). The number of hydrogen-bond donors (Lipinski definition) is 1. The maximum absolute atomic E-state index is 9.51. The summed E-state index contributed by atoms with van der Waals surface area (Å²) in [5.41, 5.74) is 0.927. The van der Waals surface area contributed by atoms with Gasteiger partial charge in [0.15, 0.2) is 0 Å². The van der Waals surface area contributed by atoms with Crippen molar-refractivity contribution in [1.82, 2.24) is 10.1 Å². The highest BCUT2D eigenvalue weighted by Gasteiger charge is 2.15. The van der Waals surface area contributed by atoms with Crippen molar-refractivity contribution in [2.75, 3.05) is 0 Å². The Balaban J connectivity index is 1.88. The van der Waals surface area contributed by atoms with Gasteiger partial charge in [0.25, 0.3) is 0 Å². The molecule has 0 radical (unpaired) electrons. The van der Waals surface area contributed by atoms with Gasteiger partial charge in [-0.15, -0.1) is 0 Å². The SMILES string of the molecule is CCCC[C@H](C)c1nc(-c2ccc3cc(O)ccc3c2)no1. The molecule has 1 N–H and O–H groups in total. The number of aromatic nitrogens is 2. The minimum Gasteiger partial charge on any atom is -0.508 e. The Morgan fingerprint density at radius 2 is 1.91 bits per heavy atom. The lowest BCUT2D eigenvalue weighted by molar-refractivity contribution is 0.351. The van der Waals surface area contributed by atoms with Crippen molar-refractivity contribution in [3.63, 3.8) is 0 Å². The molecule has 0 unspecified atom stereocenters. The van der Waals surface area contributed by atoms with Crippen molar-refractivity contribution in [3.8, 4) is 17.1 Å². The second kappa shape index (κ2) is 6.18. The second-order valence-corrected chi connectivity index (χ2v) is 5.75. The number of rotatable bonds is 5. The van der Waals surface area contributed by atoms with Gasteiger partial charge in [-0.3, -0.25) is 0 Å². The highest BCUT2D eigenvalue weighted by atomic mass is 16.5. The normalized spacial score (nSPS) is 12.6. The maximum atomic E-state index is 9.51. The van der Waals surface area contributed by atoms with Crippen molar-refractivity contribution in [2.45, 2.75) is 39.0 Å². The Morgan fingerprint density at radius 3 is 2.73 bits per heavy atom. The summed E-state index contributed by atoms with van der Waals surface area (Å²) in [7, 11) is 0. The first-order valence-corrected chi connectivity index (χ1v) is 7.74. The summed E-state index contributed by atoms with van der Waals surface area (Å²) >= 11 is 0. The number of phenolic OH excluding ortho intramolecular Hbond substituents is 1. The molecule has 3 aromatic rings. The first-order valence-electron chi connectivity index (χ1n) is 7.74. The third kappa shape index (κ3) is 2.96. The van der Waals surface area contributed by atoms with Gasteiger partial charge in [-0.2, -0.15) is 4.98 Å². The molecule has 1 atom stereocenters. The van der Waals surface area contributed by atoms with Crippen LogP contribution in [-0.4, -0.2) is 15.2 Å². The van der Waals surface area contributed by atoms with Crippen molar-refractivity contribution in [3.05, 3.63) is 42.3 Å². The molecule has 0 aliphatic rings. The lowest BCUT2D eigenvalue weighted by atomic mass is 10.0. The lowest BCUT2D eigenvalue weighted by Gasteiger charge is -2.03. The summed E-state index contributed by atoms with van der Waals surface area (Å²) in [5.74, 6) is 1.88. The fourth-order valence-corrected chi connectivity index (χ4v) is 2.56. The Hall–Kier alpha value is -2.36. The van der Waals surface area contributed by atoms with Crippen LogP contribution in [0.3, 0.4) is 0 Å². The fourth-order valence-electron chi connectivity index (χ4n) is 2.56. The molecule has 114 valence electrons. The number of benzene rings is 2. The van der Waals surface area contributed by atoms with Crippen LogP contribution in [0.4, 0.5) is 0 Å². The number of aromatic hydroxyl groups is 1. The van der Waals surface area contributed by atoms with Crippen molar-refractivity contribution in [2.24, 2.45) is 0 Å². The highest BCUT2D eigenvalue weighted by molar-refractivity contribution is 5.87. The number of fused-ring (bicyclic) bond motifs is 1. The first kappa shape index (κ1) is 14.6. The van der Waals surface area contributed by atoms with Crippen LogP contribution >= 0.6 is 0 Å². The molecule has 1 aromatic heterocycles. The Bertz CT molecular complexity index is 780. The van der Waals surface area contributed by atoms with Gasteiger partial charge in [0.05, 0.1) is 0 Å². The molecular formula is C18H20N2O2. The van der Waals surface area contributed by atoms with E-state index in [1.165, 1.54) is 12.8 Å². The first-order chi connectivity index (χ1) is 10.7. The van der Waals surface area contributed by atoms with Crippen LogP contribution in [0.2, 0.25) is 0 Å². The third-order valence-electron chi connectivity index (χ3n) is 3.94. The molecule has 0 saturated heterocycles. The van der Waals surface area contributed by atoms with Gasteiger partial charge in [-0.1, -0.05) is 50.0 Å². The summed E-state index contributed by atoms with van der Waals surface area (Å²) < 4.78 is 5.41. The van der Waals surface area contributed by atoms with Gasteiger partial charge in [0.1, 0.15) is 5.75 Å². The molecular weight excluding hydrogens is 276 g/mol. The fraction of sp³-hybridized carbons (Fsp3) is 0.333. The maximum Gasteiger partial charge on any atom is 0.229 e. The van der Waals surface area contributed by atoms with Crippen LogP contribution in [0.15, 0.2) is 40.9 Å². The summed E-state index contributed by atoms with van der Waals surface area (Å²) in [6.07, 6.45) is 3.40. The molecule has 0 aliphatic heterocycles. The molecule has 0 bridgehead atoms. The van der Waals surface area contributed by atoms with E-state index in [-0.39, 0.29) is 5.75 Å². The minimum absolute atomic E-state index is 0.270. The summed E-state index contributed by atoms with van der Waals surface area (Å²) in [6.45, 7) is 4.30. The highest BCUT2D eigenvalue weighted by Crippen LogP contribution is 2.27. The predicted octanol–water partition coefficient (Wildman–Crippen LogP) is 4.89. The Kier molecular flexibility index (Phi) is 4.09. The van der Waals surface area contributed by atoms with Gasteiger partial charge < -0.3 is 9.63 Å². The van der Waals surface area contributed by atoms with Gasteiger partial charge in [0.2, 0.25) is 11.7 Å². The monoisotopic (exact) mass is 296 g/mol. The summed E-state index contributed by atoms with van der Waals surface area (Å²) in [6, 6.07) is 11.2. The number of hydrogen-bond acceptors (Lipinski definition) is 4. The zero-order valence-corrected chi connectivity index (χ0v) is 12.9. The topological polar surface area (TPSA) is 59.2 Å². The third-order valence-corrected chi connectivity index (χ3v) is 3.94. The summed E-state index contributed by atoms with van der Waals surface area (Å²) in [5, 5.41) is 15.6. The van der Waals surface area contributed by atoms with E-state index in [0.29, 0.717) is 17.6 Å². The van der Waals surface area contributed by atoms with Crippen LogP contribution in [0.5, 0.6) is 5.75 Å². The molecule has 0 aliphatic carbocycles. The Morgan fingerprint density at radius 1 is 1.14 bits per heavy atom. The zero-order valence-electron chi connectivity index (χ0n) is 12.9. The molecule has 22 heavy (non-hydrogen) atoms. The molecule has 0 spiro atoms. The van der Waals surface area contributed by atoms with Crippen molar-refractivity contribution < 1.29 is 9.63 Å². The van der Waals surface area contributed by atoms with E-state index in [1.54, 1.807) is 12.1 Å². The minimum atomic E-state index is 0.270. The smallest absolute Gasteiger partial charge is 0.229 e. The predicted molar refractivity (Wildman–Crippen MR) is 86.8 cm³/mol. The van der Waals surface area contributed by atoms with E-state index in [0.717, 1.165) is 22.8 Å². The number of phenols is 1. The van der Waals surface area contributed by atoms with E-state index in [2.05, 4.69) is 24.0 Å². The quantitative estimate of drug-likeness (QED) is 0.728. The zero-order chi connectivity index (χ0) is 15.5. The molecule has 1 heterocycles. The van der Waals surface area contributed by atoms with E-state index in [4.69, 9.17) is 4.52 Å². The number of unbranched alkanes of at least 4 members (excludes halogenated alkanes) is 1. The van der Waals surface area contributed by atoms with Gasteiger partial charge in [0, 0.05) is 11.5 Å². The van der Waals surface area contributed by atoms with Crippen LogP contribution < -0.4 is 0 Å². The van der Waals surface area contributed by atoms with E-state index in [1.807, 2.05) is 24.3 Å². The van der Waals surface area contributed by atoms with Gasteiger partial charge in [-0.25, -0.2) is 0 Å². The molecule has 4 nitrogen and oxygen atoms in total. The molecule has 0 saturated carbocycles. The molecule has 2 aromatic carbocycles. The second-order valence-electron chi connectivity index (χ2n) is 5.75. The van der Waals surface area contributed by atoms with Crippen molar-refractivity contribution >= 4 is 10.8 Å². The average Bonchev–Trinajstić information content (AvgIpc) is 3.02. The van der Waals surface area contributed by atoms with E-state index in [9.17, 15) is 5.11 Å². The van der Waals surface area contributed by atoms with Crippen LogP contribution in [0.25, 0.3) is 22.2 Å². The molecule has 0 amide bonds. The van der Waals surface area contributed by atoms with Crippen LogP contribution in [0, 0.1) is 0 Å². The van der Waals surface area contributed by atoms with Crippen LogP contribution in [-0.2, 0) is 0 Å². The van der Waals surface area contributed by atoms with E-state index < -0.39 is 0 Å². The Labute approximate surface area is 129 Å². The van der Waals surface area contributed by atoms with Crippen molar-refractivity contribution in [1.29, 1.82) is 0 Å². The summed E-state index contributed by atoms with van der Waals surface area (Å²) in [4.78, 5) is 4.53. The standard InChI is InChI=1S/C18H20N2O2/c1-3-4-5-12(2)18-19-17(20-22-18)15-7-6-14-11-16(21)9-8-13(14)10-15/h6-12,21H,3-5H2,1-2H3/t12-/m0/s1. The van der Waals surface area contributed by atoms with Gasteiger partial charge >= 0.3 is 0 Å². The van der Waals surface area contributed by atoms with Gasteiger partial charge in [-0.05, 0) is 35.4 Å². The molecule has 0 fully saturated rings. The molecule has 4 heteroatoms. The number of nitrogens with zero attached hydrogens (tertiary/aromatic N) is 2. The van der Waals surface area contributed by atoms with Crippen LogP contribution in [0.1, 0.15) is 44.9 Å². The van der Waals surface area contributed by atoms with E-state index >= 15 is 0 Å². The largest absolute Gasteiger partial charge is 0.508 e. The lowest BCUT2D eigenvalue weighted by Crippen LogP contribution is -1.93.